The number of pyridine rings is 1. The minimum atomic E-state index is 0.666. The molecule has 15 heavy (non-hydrogen) atoms. The third-order valence-corrected chi connectivity index (χ3v) is 2.91. The number of aryl methyl sites for hydroxylation is 2. The molecule has 2 aromatic heterocycles. The fourth-order valence-electron chi connectivity index (χ4n) is 2.22. The van der Waals surface area contributed by atoms with Gasteiger partial charge < -0.3 is 0 Å². The van der Waals surface area contributed by atoms with E-state index in [4.69, 9.17) is 0 Å². The zero-order valence-corrected chi connectivity index (χ0v) is 8.49. The molecular weight excluding hydrogens is 190 g/mol. The van der Waals surface area contributed by atoms with Gasteiger partial charge in [-0.25, -0.2) is 0 Å². The first-order valence-electron chi connectivity index (χ1n) is 5.07. The van der Waals surface area contributed by atoms with Crippen molar-refractivity contribution in [3.8, 4) is 11.4 Å². The second kappa shape index (κ2) is 3.12. The lowest BCUT2D eigenvalue weighted by Crippen LogP contribution is -1.97. The molecule has 1 aliphatic carbocycles. The third kappa shape index (κ3) is 1.23. The maximum Gasteiger partial charge on any atom is 0.206 e. The lowest BCUT2D eigenvalue weighted by atomic mass is 10.0. The molecule has 0 atom stereocenters. The molecule has 76 valence electrons. The maximum absolute atomic E-state index is 4.39. The molecule has 1 aliphatic rings. The summed E-state index contributed by atoms with van der Waals surface area (Å²) in [6.45, 7) is 1.99. The van der Waals surface area contributed by atoms with Crippen LogP contribution in [0, 0.1) is 6.92 Å². The predicted molar refractivity (Wildman–Crippen MR) is 54.2 cm³/mol. The van der Waals surface area contributed by atoms with Crippen molar-refractivity contribution in [1.82, 2.24) is 25.6 Å². The third-order valence-electron chi connectivity index (χ3n) is 2.91. The highest BCUT2D eigenvalue weighted by Gasteiger charge is 2.20. The van der Waals surface area contributed by atoms with Crippen LogP contribution >= 0.6 is 0 Å². The Balaban J connectivity index is 2.26. The molecule has 5 heteroatoms. The van der Waals surface area contributed by atoms with Crippen molar-refractivity contribution in [1.29, 1.82) is 0 Å². The van der Waals surface area contributed by atoms with E-state index in [1.54, 1.807) is 0 Å². The molecule has 1 N–H and O–H groups in total. The van der Waals surface area contributed by atoms with Crippen LogP contribution in [0.3, 0.4) is 0 Å². The summed E-state index contributed by atoms with van der Waals surface area (Å²) in [5.41, 5.74) is 4.74. The van der Waals surface area contributed by atoms with Crippen molar-refractivity contribution >= 4 is 0 Å². The average Bonchev–Trinajstić information content (AvgIpc) is 2.85. The number of nitrogens with zero attached hydrogens (tertiary/aromatic N) is 4. The van der Waals surface area contributed by atoms with Gasteiger partial charge in [-0.2, -0.15) is 5.21 Å². The molecule has 0 radical (unpaired) electrons. The summed E-state index contributed by atoms with van der Waals surface area (Å²) in [4.78, 5) is 4.39. The van der Waals surface area contributed by atoms with Gasteiger partial charge in [-0.15, -0.1) is 10.2 Å². The van der Waals surface area contributed by atoms with Gasteiger partial charge in [0.2, 0.25) is 5.82 Å². The van der Waals surface area contributed by atoms with E-state index in [1.165, 1.54) is 17.5 Å². The molecule has 5 nitrogen and oxygen atoms in total. The fraction of sp³-hybridized carbons (Fsp3) is 0.400. The number of H-pyrrole nitrogens is 1. The normalized spacial score (nSPS) is 14.2. The van der Waals surface area contributed by atoms with Crippen molar-refractivity contribution in [2.24, 2.45) is 0 Å². The van der Waals surface area contributed by atoms with E-state index < -0.39 is 0 Å². The van der Waals surface area contributed by atoms with E-state index in [-0.39, 0.29) is 0 Å². The summed E-state index contributed by atoms with van der Waals surface area (Å²) in [6.07, 6.45) is 5.39. The van der Waals surface area contributed by atoms with Gasteiger partial charge in [0.25, 0.3) is 0 Å². The zero-order chi connectivity index (χ0) is 10.3. The van der Waals surface area contributed by atoms with Crippen LogP contribution in [0.2, 0.25) is 0 Å². The molecule has 0 unspecified atom stereocenters. The van der Waals surface area contributed by atoms with E-state index in [0.717, 1.165) is 24.1 Å². The first kappa shape index (κ1) is 8.52. The molecule has 0 aliphatic heterocycles. The Morgan fingerprint density at radius 2 is 2.27 bits per heavy atom. The molecule has 3 rings (SSSR count). The topological polar surface area (TPSA) is 67.3 Å². The minimum Gasteiger partial charge on any atom is -0.261 e. The van der Waals surface area contributed by atoms with E-state index in [1.807, 2.05) is 13.1 Å². The Labute approximate surface area is 86.9 Å². The van der Waals surface area contributed by atoms with Crippen LogP contribution < -0.4 is 0 Å². The molecule has 0 amide bonds. The van der Waals surface area contributed by atoms with E-state index in [2.05, 4.69) is 25.6 Å². The Bertz CT molecular complexity index is 489. The lowest BCUT2D eigenvalue weighted by molar-refractivity contribution is 0.881. The number of aromatic nitrogens is 5. The van der Waals surface area contributed by atoms with Crippen LogP contribution in [0.1, 0.15) is 23.2 Å². The van der Waals surface area contributed by atoms with Gasteiger partial charge in [-0.1, -0.05) is 0 Å². The average molecular weight is 201 g/mol. The van der Waals surface area contributed by atoms with Gasteiger partial charge in [0.05, 0.1) is 0 Å². The second-order valence-electron chi connectivity index (χ2n) is 3.81. The first-order valence-corrected chi connectivity index (χ1v) is 5.07. The number of aromatic amines is 1. The number of hydrogen-bond acceptors (Lipinski definition) is 4. The number of tetrazole rings is 1. The highest BCUT2D eigenvalue weighted by atomic mass is 15.5. The predicted octanol–water partition coefficient (Wildman–Crippen LogP) is 1.06. The van der Waals surface area contributed by atoms with Crippen LogP contribution in [0.4, 0.5) is 0 Å². The number of hydrogen-bond donors (Lipinski definition) is 1. The Morgan fingerprint density at radius 1 is 1.33 bits per heavy atom. The van der Waals surface area contributed by atoms with Crippen LogP contribution in [0.5, 0.6) is 0 Å². The Morgan fingerprint density at radius 3 is 3.07 bits per heavy atom. The molecule has 2 heterocycles. The Kier molecular flexibility index (Phi) is 1.77. The van der Waals surface area contributed by atoms with Crippen molar-refractivity contribution in [2.75, 3.05) is 0 Å². The van der Waals surface area contributed by atoms with Crippen molar-refractivity contribution in [3.05, 3.63) is 23.0 Å². The van der Waals surface area contributed by atoms with E-state index in [9.17, 15) is 0 Å². The van der Waals surface area contributed by atoms with E-state index in [0.29, 0.717) is 5.82 Å². The van der Waals surface area contributed by atoms with Crippen molar-refractivity contribution in [2.45, 2.75) is 26.2 Å². The van der Waals surface area contributed by atoms with E-state index >= 15 is 0 Å². The number of rotatable bonds is 1. The lowest BCUT2D eigenvalue weighted by Gasteiger charge is -2.06. The molecule has 0 saturated carbocycles. The summed E-state index contributed by atoms with van der Waals surface area (Å²) < 4.78 is 0. The van der Waals surface area contributed by atoms with Gasteiger partial charge in [-0.3, -0.25) is 4.98 Å². The highest BCUT2D eigenvalue weighted by molar-refractivity contribution is 5.64. The molecule has 0 spiro atoms. The van der Waals surface area contributed by atoms with Crippen LogP contribution in [0.15, 0.2) is 6.20 Å². The largest absolute Gasteiger partial charge is 0.261 e. The smallest absolute Gasteiger partial charge is 0.206 e. The van der Waals surface area contributed by atoms with Crippen LogP contribution in [0.25, 0.3) is 11.4 Å². The summed E-state index contributed by atoms with van der Waals surface area (Å²) in [7, 11) is 0. The molecule has 0 bridgehead atoms. The molecular formula is C10H11N5. The summed E-state index contributed by atoms with van der Waals surface area (Å²) in [6, 6.07) is 0. The van der Waals surface area contributed by atoms with Crippen LogP contribution in [-0.4, -0.2) is 25.6 Å². The van der Waals surface area contributed by atoms with Crippen LogP contribution in [-0.2, 0) is 12.8 Å². The minimum absolute atomic E-state index is 0.666. The fourth-order valence-corrected chi connectivity index (χ4v) is 2.22. The molecule has 0 fully saturated rings. The van der Waals surface area contributed by atoms with Gasteiger partial charge in [0, 0.05) is 17.5 Å². The summed E-state index contributed by atoms with van der Waals surface area (Å²) in [5, 5.41) is 14.2. The van der Waals surface area contributed by atoms with Gasteiger partial charge in [0.1, 0.15) is 0 Å². The number of fused-ring (bicyclic) bond motifs is 1. The maximum atomic E-state index is 4.39. The Hall–Kier alpha value is -1.78. The number of nitrogens with one attached hydrogen (secondary N) is 1. The quantitative estimate of drug-likeness (QED) is 0.749. The van der Waals surface area contributed by atoms with Crippen molar-refractivity contribution in [3.63, 3.8) is 0 Å². The standard InChI is InChI=1S/C10H11N5/c1-6-9(10-12-14-15-13-10)8-4-2-3-7(8)5-11-6/h5H,2-4H2,1H3,(H,12,13,14,15). The molecule has 0 aromatic carbocycles. The van der Waals surface area contributed by atoms with Crippen molar-refractivity contribution < 1.29 is 0 Å². The zero-order valence-electron chi connectivity index (χ0n) is 8.49. The highest BCUT2D eigenvalue weighted by Crippen LogP contribution is 2.31. The monoisotopic (exact) mass is 201 g/mol. The summed E-state index contributed by atoms with van der Waals surface area (Å²) >= 11 is 0. The SMILES string of the molecule is Cc1ncc2c(c1-c1nn[nH]n1)CCC2. The first-order chi connectivity index (χ1) is 7.36. The summed E-state index contributed by atoms with van der Waals surface area (Å²) in [5.74, 6) is 0.666. The van der Waals surface area contributed by atoms with Gasteiger partial charge in [-0.05, 0) is 42.5 Å². The van der Waals surface area contributed by atoms with Gasteiger partial charge in [0.15, 0.2) is 0 Å². The molecule has 2 aromatic rings. The van der Waals surface area contributed by atoms with Gasteiger partial charge >= 0.3 is 0 Å². The molecule has 0 saturated heterocycles. The second-order valence-corrected chi connectivity index (χ2v) is 3.81.